The summed E-state index contributed by atoms with van der Waals surface area (Å²) in [7, 11) is 0. The summed E-state index contributed by atoms with van der Waals surface area (Å²) in [5, 5.41) is 4.31. The van der Waals surface area contributed by atoms with Gasteiger partial charge < -0.3 is 9.73 Å². The monoisotopic (exact) mass is 247 g/mol. The summed E-state index contributed by atoms with van der Waals surface area (Å²) >= 11 is 0. The zero-order valence-corrected chi connectivity index (χ0v) is 10.8. The number of para-hydroxylation sites is 1. The lowest BCUT2D eigenvalue weighted by Gasteiger charge is -2.22. The van der Waals surface area contributed by atoms with Crippen molar-refractivity contribution in [3.05, 3.63) is 35.8 Å². The highest BCUT2D eigenvalue weighted by Gasteiger charge is 2.46. The Kier molecular flexibility index (Phi) is 2.67. The number of fused-ring (bicyclic) bond motifs is 1. The van der Waals surface area contributed by atoms with Gasteiger partial charge in [0.1, 0.15) is 5.76 Å². The second kappa shape index (κ2) is 4.09. The van der Waals surface area contributed by atoms with Crippen molar-refractivity contribution in [1.82, 2.24) is 5.32 Å². The van der Waals surface area contributed by atoms with E-state index in [2.05, 4.69) is 19.2 Å². The van der Waals surface area contributed by atoms with Crippen molar-refractivity contribution >= 4 is 11.0 Å². The van der Waals surface area contributed by atoms with Crippen molar-refractivity contribution in [3.8, 4) is 0 Å². The molecule has 0 saturated heterocycles. The minimum atomic E-state index is -0.282. The Hall–Kier alpha value is -1.35. The van der Waals surface area contributed by atoms with Crippen LogP contribution in [0.25, 0.3) is 11.0 Å². The Bertz CT molecular complexity index is 571. The summed E-state index contributed by atoms with van der Waals surface area (Å²) in [6.45, 7) is 5.23. The van der Waals surface area contributed by atoms with Crippen molar-refractivity contribution in [2.24, 2.45) is 5.41 Å². The molecule has 1 atom stereocenters. The molecule has 3 rings (SSSR count). The van der Waals surface area contributed by atoms with Crippen LogP contribution in [-0.2, 0) is 0 Å². The van der Waals surface area contributed by atoms with E-state index in [-0.39, 0.29) is 17.3 Å². The third-order valence-corrected chi connectivity index (χ3v) is 3.94. The Morgan fingerprint density at radius 1 is 1.44 bits per heavy atom. The van der Waals surface area contributed by atoms with E-state index in [1.54, 1.807) is 6.07 Å². The first kappa shape index (κ1) is 11.7. The van der Waals surface area contributed by atoms with Crippen molar-refractivity contribution in [3.63, 3.8) is 0 Å². The number of hydrogen-bond acceptors (Lipinski definition) is 2. The van der Waals surface area contributed by atoms with Crippen LogP contribution in [0.3, 0.4) is 0 Å². The van der Waals surface area contributed by atoms with Crippen LogP contribution in [-0.4, -0.2) is 6.54 Å². The first-order valence-electron chi connectivity index (χ1n) is 6.55. The topological polar surface area (TPSA) is 25.2 Å². The van der Waals surface area contributed by atoms with Crippen molar-refractivity contribution in [2.75, 3.05) is 6.54 Å². The van der Waals surface area contributed by atoms with Crippen LogP contribution in [0.15, 0.2) is 28.7 Å². The SMILES string of the molecule is CCNC(c1cc2cccc(F)c2o1)C1(C)CC1. The molecular formula is C15H18FNO. The zero-order valence-electron chi connectivity index (χ0n) is 10.8. The molecule has 1 N–H and O–H groups in total. The van der Waals surface area contributed by atoms with Crippen molar-refractivity contribution in [2.45, 2.75) is 32.7 Å². The summed E-state index contributed by atoms with van der Waals surface area (Å²) in [6.07, 6.45) is 2.40. The van der Waals surface area contributed by atoms with Crippen LogP contribution >= 0.6 is 0 Å². The second-order valence-corrected chi connectivity index (χ2v) is 5.45. The van der Waals surface area contributed by atoms with E-state index in [0.717, 1.165) is 17.7 Å². The fraction of sp³-hybridized carbons (Fsp3) is 0.467. The van der Waals surface area contributed by atoms with Gasteiger partial charge in [0.15, 0.2) is 11.4 Å². The fourth-order valence-corrected chi connectivity index (χ4v) is 2.57. The van der Waals surface area contributed by atoms with E-state index in [1.165, 1.54) is 18.9 Å². The van der Waals surface area contributed by atoms with Crippen LogP contribution in [0.2, 0.25) is 0 Å². The predicted molar refractivity (Wildman–Crippen MR) is 69.9 cm³/mol. The maximum Gasteiger partial charge on any atom is 0.169 e. The third kappa shape index (κ3) is 1.83. The summed E-state index contributed by atoms with van der Waals surface area (Å²) in [5.41, 5.74) is 0.639. The fourth-order valence-electron chi connectivity index (χ4n) is 2.57. The molecular weight excluding hydrogens is 229 g/mol. The van der Waals surface area contributed by atoms with Crippen LogP contribution < -0.4 is 5.32 Å². The van der Waals surface area contributed by atoms with E-state index in [4.69, 9.17) is 4.42 Å². The number of nitrogens with one attached hydrogen (secondary N) is 1. The maximum absolute atomic E-state index is 13.6. The van der Waals surface area contributed by atoms with E-state index >= 15 is 0 Å². The number of hydrogen-bond donors (Lipinski definition) is 1. The molecule has 1 heterocycles. The van der Waals surface area contributed by atoms with Gasteiger partial charge in [0, 0.05) is 5.39 Å². The highest BCUT2D eigenvalue weighted by atomic mass is 19.1. The Morgan fingerprint density at radius 2 is 2.22 bits per heavy atom. The molecule has 3 heteroatoms. The largest absolute Gasteiger partial charge is 0.456 e. The lowest BCUT2D eigenvalue weighted by molar-refractivity contribution is 0.319. The molecule has 96 valence electrons. The number of furan rings is 1. The van der Waals surface area contributed by atoms with Gasteiger partial charge in [0.2, 0.25) is 0 Å². The molecule has 0 bridgehead atoms. The Balaban J connectivity index is 2.04. The lowest BCUT2D eigenvalue weighted by atomic mass is 9.96. The summed E-state index contributed by atoms with van der Waals surface area (Å²) in [4.78, 5) is 0. The molecule has 0 amide bonds. The molecule has 1 aliphatic carbocycles. The first-order valence-corrected chi connectivity index (χ1v) is 6.55. The average Bonchev–Trinajstić information content (AvgIpc) is 2.92. The third-order valence-electron chi connectivity index (χ3n) is 3.94. The normalized spacial score (nSPS) is 19.1. The molecule has 0 aliphatic heterocycles. The van der Waals surface area contributed by atoms with E-state index in [0.29, 0.717) is 5.58 Å². The van der Waals surface area contributed by atoms with Crippen LogP contribution in [0, 0.1) is 11.2 Å². The molecule has 1 aromatic heterocycles. The van der Waals surface area contributed by atoms with Crippen molar-refractivity contribution < 1.29 is 8.81 Å². The van der Waals surface area contributed by atoms with Gasteiger partial charge in [-0.25, -0.2) is 4.39 Å². The average molecular weight is 247 g/mol. The predicted octanol–water partition coefficient (Wildman–Crippen LogP) is 4.02. The van der Waals surface area contributed by atoms with Gasteiger partial charge in [-0.05, 0) is 36.9 Å². The van der Waals surface area contributed by atoms with E-state index in [1.807, 2.05) is 12.1 Å². The summed E-state index contributed by atoms with van der Waals surface area (Å²) in [5.74, 6) is 0.576. The Morgan fingerprint density at radius 3 is 2.83 bits per heavy atom. The smallest absolute Gasteiger partial charge is 0.169 e. The second-order valence-electron chi connectivity index (χ2n) is 5.45. The van der Waals surface area contributed by atoms with Gasteiger partial charge in [-0.2, -0.15) is 0 Å². The molecule has 1 saturated carbocycles. The number of halogens is 1. The van der Waals surface area contributed by atoms with Gasteiger partial charge >= 0.3 is 0 Å². The van der Waals surface area contributed by atoms with Crippen LogP contribution in [0.4, 0.5) is 4.39 Å². The zero-order chi connectivity index (χ0) is 12.8. The molecule has 2 nitrogen and oxygen atoms in total. The van der Waals surface area contributed by atoms with Gasteiger partial charge in [-0.1, -0.05) is 26.0 Å². The van der Waals surface area contributed by atoms with Crippen LogP contribution in [0.5, 0.6) is 0 Å². The summed E-state index contributed by atoms with van der Waals surface area (Å²) in [6, 6.07) is 7.21. The number of rotatable bonds is 4. The van der Waals surface area contributed by atoms with Gasteiger partial charge in [-0.3, -0.25) is 0 Å². The van der Waals surface area contributed by atoms with Crippen molar-refractivity contribution in [1.29, 1.82) is 0 Å². The quantitative estimate of drug-likeness (QED) is 0.882. The van der Waals surface area contributed by atoms with Crippen LogP contribution in [0.1, 0.15) is 38.5 Å². The van der Waals surface area contributed by atoms with Gasteiger partial charge in [0.05, 0.1) is 6.04 Å². The molecule has 18 heavy (non-hydrogen) atoms. The highest BCUT2D eigenvalue weighted by molar-refractivity contribution is 5.78. The number of benzene rings is 1. The minimum Gasteiger partial charge on any atom is -0.456 e. The minimum absolute atomic E-state index is 0.189. The van der Waals surface area contributed by atoms with E-state index in [9.17, 15) is 4.39 Å². The highest BCUT2D eigenvalue weighted by Crippen LogP contribution is 2.54. The molecule has 1 unspecified atom stereocenters. The van der Waals surface area contributed by atoms with Gasteiger partial charge in [0.25, 0.3) is 0 Å². The lowest BCUT2D eigenvalue weighted by Crippen LogP contribution is -2.27. The standard InChI is InChI=1S/C15H18FNO/c1-3-17-14(15(2)7-8-15)12-9-10-5-4-6-11(16)13(10)18-12/h4-6,9,14,17H,3,7-8H2,1-2H3. The first-order chi connectivity index (χ1) is 8.64. The van der Waals surface area contributed by atoms with Gasteiger partial charge in [-0.15, -0.1) is 0 Å². The molecule has 0 radical (unpaired) electrons. The molecule has 1 aliphatic rings. The van der Waals surface area contributed by atoms with E-state index < -0.39 is 0 Å². The molecule has 0 spiro atoms. The summed E-state index contributed by atoms with van der Waals surface area (Å²) < 4.78 is 19.4. The molecule has 2 aromatic rings. The molecule has 1 aromatic carbocycles. The Labute approximate surface area is 106 Å². The maximum atomic E-state index is 13.6. The molecule has 1 fully saturated rings.